The number of nitrogens with zero attached hydrogens (tertiary/aromatic N) is 1. The van der Waals surface area contributed by atoms with Crippen LogP contribution in [0.25, 0.3) is 0 Å². The van der Waals surface area contributed by atoms with Crippen molar-refractivity contribution in [3.05, 3.63) is 99.9 Å². The molecule has 3 aromatic rings. The van der Waals surface area contributed by atoms with Gasteiger partial charge in [0.25, 0.3) is 5.69 Å². The first kappa shape index (κ1) is 23.1. The number of nitro benzene ring substituents is 1. The van der Waals surface area contributed by atoms with Crippen LogP contribution >= 0.6 is 12.4 Å². The summed E-state index contributed by atoms with van der Waals surface area (Å²) < 4.78 is 19.4. The van der Waals surface area contributed by atoms with Crippen LogP contribution in [0, 0.1) is 15.9 Å². The van der Waals surface area contributed by atoms with Gasteiger partial charge in [-0.3, -0.25) is 10.1 Å². The average Bonchev–Trinajstić information content (AvgIpc) is 2.73. The molecule has 0 saturated heterocycles. The summed E-state index contributed by atoms with van der Waals surface area (Å²) in [4.78, 5) is 10.2. The molecule has 0 aliphatic rings. The van der Waals surface area contributed by atoms with E-state index in [0.29, 0.717) is 24.4 Å². The van der Waals surface area contributed by atoms with Crippen LogP contribution in [0.15, 0.2) is 72.8 Å². The second-order valence-electron chi connectivity index (χ2n) is 6.44. The smallest absolute Gasteiger partial charge is 0.269 e. The van der Waals surface area contributed by atoms with Gasteiger partial charge in [0.1, 0.15) is 18.2 Å². The zero-order chi connectivity index (χ0) is 20.5. The van der Waals surface area contributed by atoms with Gasteiger partial charge in [0.2, 0.25) is 0 Å². The normalized spacial score (nSPS) is 10.2. The summed E-state index contributed by atoms with van der Waals surface area (Å²) in [6, 6.07) is 20.6. The van der Waals surface area contributed by atoms with E-state index < -0.39 is 4.92 Å². The Bertz CT molecular complexity index is 954. The van der Waals surface area contributed by atoms with Crippen molar-refractivity contribution in [3.63, 3.8) is 0 Å². The third kappa shape index (κ3) is 7.02. The van der Waals surface area contributed by atoms with Crippen molar-refractivity contribution in [2.24, 2.45) is 0 Å². The summed E-state index contributed by atoms with van der Waals surface area (Å²) in [6.45, 7) is 2.25. The van der Waals surface area contributed by atoms with Gasteiger partial charge in [-0.2, -0.15) is 0 Å². The maximum absolute atomic E-state index is 13.7. The summed E-state index contributed by atoms with van der Waals surface area (Å²) >= 11 is 0. The molecule has 3 aromatic carbocycles. The van der Waals surface area contributed by atoms with Gasteiger partial charge in [-0.25, -0.2) is 4.39 Å². The van der Waals surface area contributed by atoms with E-state index in [-0.39, 0.29) is 30.5 Å². The van der Waals surface area contributed by atoms with Crippen molar-refractivity contribution in [3.8, 4) is 5.75 Å². The maximum atomic E-state index is 13.7. The Kier molecular flexibility index (Phi) is 9.05. The van der Waals surface area contributed by atoms with Crippen molar-refractivity contribution in [1.29, 1.82) is 0 Å². The van der Waals surface area contributed by atoms with Gasteiger partial charge >= 0.3 is 0 Å². The van der Waals surface area contributed by atoms with Crippen LogP contribution in [0.4, 0.5) is 15.8 Å². The van der Waals surface area contributed by atoms with Crippen molar-refractivity contribution in [2.45, 2.75) is 13.2 Å². The lowest BCUT2D eigenvalue weighted by Crippen LogP contribution is -2.21. The predicted octanol–water partition coefficient (Wildman–Crippen LogP) is 4.94. The summed E-state index contributed by atoms with van der Waals surface area (Å²) in [7, 11) is 0. The quantitative estimate of drug-likeness (QED) is 0.270. The lowest BCUT2D eigenvalue weighted by atomic mass is 10.2. The maximum Gasteiger partial charge on any atom is 0.269 e. The number of halogens is 2. The molecule has 0 spiro atoms. The highest BCUT2D eigenvalue weighted by atomic mass is 35.5. The zero-order valence-electron chi connectivity index (χ0n) is 16.2. The minimum Gasteiger partial charge on any atom is -0.489 e. The molecule has 2 N–H and O–H groups in total. The number of nitrogens with one attached hydrogen (secondary N) is 2. The van der Waals surface area contributed by atoms with Gasteiger partial charge in [-0.1, -0.05) is 30.3 Å². The highest BCUT2D eigenvalue weighted by molar-refractivity contribution is 5.85. The number of non-ortho nitro benzene ring substituents is 1. The Morgan fingerprint density at radius 1 is 0.967 bits per heavy atom. The minimum atomic E-state index is -0.417. The van der Waals surface area contributed by atoms with Crippen LogP contribution in [-0.2, 0) is 13.2 Å². The van der Waals surface area contributed by atoms with Crippen LogP contribution in [0.1, 0.15) is 11.1 Å². The van der Waals surface area contributed by atoms with E-state index in [1.165, 1.54) is 18.2 Å². The minimum absolute atomic E-state index is 0. The monoisotopic (exact) mass is 431 g/mol. The molecule has 8 heteroatoms. The van der Waals surface area contributed by atoms with Gasteiger partial charge in [-0.05, 0) is 35.9 Å². The molecular formula is C22H23ClFN3O3. The molecule has 0 saturated carbocycles. The molecule has 0 aromatic heterocycles. The number of benzene rings is 3. The lowest BCUT2D eigenvalue weighted by Gasteiger charge is -2.10. The zero-order valence-corrected chi connectivity index (χ0v) is 17.0. The molecular weight excluding hydrogens is 409 g/mol. The van der Waals surface area contributed by atoms with Crippen molar-refractivity contribution in [1.82, 2.24) is 5.32 Å². The van der Waals surface area contributed by atoms with E-state index in [1.54, 1.807) is 30.3 Å². The predicted molar refractivity (Wildman–Crippen MR) is 118 cm³/mol. The van der Waals surface area contributed by atoms with E-state index in [0.717, 1.165) is 17.8 Å². The molecule has 30 heavy (non-hydrogen) atoms. The van der Waals surface area contributed by atoms with Crippen LogP contribution in [0.3, 0.4) is 0 Å². The van der Waals surface area contributed by atoms with Crippen LogP contribution in [0.2, 0.25) is 0 Å². The fourth-order valence-electron chi connectivity index (χ4n) is 2.75. The van der Waals surface area contributed by atoms with Crippen LogP contribution in [0.5, 0.6) is 5.75 Å². The SMILES string of the molecule is Cl.O=[N+]([O-])c1ccc(NCCNCc2cccc(OCc3ccccc3F)c2)cc1. The van der Waals surface area contributed by atoms with Crippen molar-refractivity contribution in [2.75, 3.05) is 18.4 Å². The van der Waals surface area contributed by atoms with E-state index in [1.807, 2.05) is 24.3 Å². The molecule has 158 valence electrons. The average molecular weight is 432 g/mol. The first-order valence-electron chi connectivity index (χ1n) is 9.26. The summed E-state index contributed by atoms with van der Waals surface area (Å²) in [5.41, 5.74) is 2.49. The van der Waals surface area contributed by atoms with E-state index in [9.17, 15) is 14.5 Å². The summed E-state index contributed by atoms with van der Waals surface area (Å²) in [5.74, 6) is 0.419. The lowest BCUT2D eigenvalue weighted by molar-refractivity contribution is -0.384. The molecule has 0 bridgehead atoms. The van der Waals surface area contributed by atoms with Gasteiger partial charge in [0.05, 0.1) is 4.92 Å². The van der Waals surface area contributed by atoms with E-state index in [2.05, 4.69) is 10.6 Å². The molecule has 6 nitrogen and oxygen atoms in total. The molecule has 0 amide bonds. The molecule has 0 aliphatic carbocycles. The summed E-state index contributed by atoms with van der Waals surface area (Å²) in [6.07, 6.45) is 0. The number of ether oxygens (including phenoxy) is 1. The molecule has 0 atom stereocenters. The highest BCUT2D eigenvalue weighted by Crippen LogP contribution is 2.17. The summed E-state index contributed by atoms with van der Waals surface area (Å²) in [5, 5.41) is 17.2. The first-order valence-corrected chi connectivity index (χ1v) is 9.26. The third-order valence-corrected chi connectivity index (χ3v) is 4.29. The Balaban J connectivity index is 0.00000320. The number of anilines is 1. The van der Waals surface area contributed by atoms with Gasteiger partial charge in [0.15, 0.2) is 0 Å². The largest absolute Gasteiger partial charge is 0.489 e. The molecule has 0 unspecified atom stereocenters. The molecule has 0 fully saturated rings. The van der Waals surface area contributed by atoms with E-state index >= 15 is 0 Å². The second kappa shape index (κ2) is 11.7. The van der Waals surface area contributed by atoms with Gasteiger partial charge in [0, 0.05) is 43.0 Å². The third-order valence-electron chi connectivity index (χ3n) is 4.29. The Morgan fingerprint density at radius 2 is 1.73 bits per heavy atom. The standard InChI is InChI=1S/C22H22FN3O3.ClH/c23-22-7-2-1-5-18(22)16-29-21-6-3-4-17(14-21)15-24-12-13-25-19-8-10-20(11-9-19)26(27)28;/h1-11,14,24-25H,12-13,15-16H2;1H. The highest BCUT2D eigenvalue weighted by Gasteiger charge is 2.04. The molecule has 3 rings (SSSR count). The molecule has 0 radical (unpaired) electrons. The topological polar surface area (TPSA) is 76.4 Å². The Hall–Kier alpha value is -3.16. The number of nitro groups is 1. The van der Waals surface area contributed by atoms with Gasteiger partial charge in [-0.15, -0.1) is 12.4 Å². The Morgan fingerprint density at radius 3 is 2.47 bits per heavy atom. The van der Waals surface area contributed by atoms with Crippen LogP contribution in [-0.4, -0.2) is 18.0 Å². The molecule has 0 heterocycles. The fraction of sp³-hybridized carbons (Fsp3) is 0.182. The number of hydrogen-bond acceptors (Lipinski definition) is 5. The fourth-order valence-corrected chi connectivity index (χ4v) is 2.75. The Labute approximate surface area is 180 Å². The van der Waals surface area contributed by atoms with Crippen molar-refractivity contribution < 1.29 is 14.1 Å². The number of rotatable bonds is 10. The van der Waals surface area contributed by atoms with Crippen molar-refractivity contribution >= 4 is 23.8 Å². The van der Waals surface area contributed by atoms with E-state index in [4.69, 9.17) is 4.74 Å². The number of hydrogen-bond donors (Lipinski definition) is 2. The van der Waals surface area contributed by atoms with Crippen LogP contribution < -0.4 is 15.4 Å². The van der Waals surface area contributed by atoms with Gasteiger partial charge < -0.3 is 15.4 Å². The first-order chi connectivity index (χ1) is 14.1. The molecule has 0 aliphatic heterocycles. The second-order valence-corrected chi connectivity index (χ2v) is 6.44.